The Bertz CT molecular complexity index is 905. The lowest BCUT2D eigenvalue weighted by Gasteiger charge is -2.24. The van der Waals surface area contributed by atoms with Crippen molar-refractivity contribution in [2.75, 3.05) is 23.8 Å². The number of aromatic amines is 1. The average Bonchev–Trinajstić information content (AvgIpc) is 3.07. The molecule has 1 aliphatic rings. The number of ether oxygens (including phenoxy) is 1. The van der Waals surface area contributed by atoms with Gasteiger partial charge >= 0.3 is 0 Å². The van der Waals surface area contributed by atoms with Gasteiger partial charge in [0.15, 0.2) is 11.6 Å². The van der Waals surface area contributed by atoms with Gasteiger partial charge in [0.05, 0.1) is 0 Å². The molecule has 1 aliphatic heterocycles. The molecule has 0 bridgehead atoms. The minimum Gasteiger partial charge on any atom is -0.381 e. The van der Waals surface area contributed by atoms with Crippen LogP contribution in [-0.2, 0) is 4.74 Å². The van der Waals surface area contributed by atoms with Crippen LogP contribution in [0.2, 0.25) is 0 Å². The van der Waals surface area contributed by atoms with E-state index < -0.39 is 0 Å². The number of aryl methyl sites for hydroxylation is 1. The average molecular weight is 368 g/mol. The van der Waals surface area contributed by atoms with Gasteiger partial charge in [0.25, 0.3) is 0 Å². The van der Waals surface area contributed by atoms with E-state index in [2.05, 4.69) is 30.8 Å². The molecule has 8 heteroatoms. The van der Waals surface area contributed by atoms with Crippen LogP contribution in [0.3, 0.4) is 0 Å². The number of benzene rings is 1. The predicted molar refractivity (Wildman–Crippen MR) is 101 cm³/mol. The largest absolute Gasteiger partial charge is 0.381 e. The van der Waals surface area contributed by atoms with Crippen LogP contribution in [-0.4, -0.2) is 39.4 Å². The first-order valence-corrected chi connectivity index (χ1v) is 8.94. The molecule has 3 aromatic rings. The van der Waals surface area contributed by atoms with E-state index in [0.29, 0.717) is 29.3 Å². The van der Waals surface area contributed by atoms with E-state index in [1.54, 1.807) is 12.1 Å². The van der Waals surface area contributed by atoms with Gasteiger partial charge in [-0.05, 0) is 44.0 Å². The smallest absolute Gasteiger partial charge is 0.163 e. The summed E-state index contributed by atoms with van der Waals surface area (Å²) in [6.07, 6.45) is 1.86. The fourth-order valence-corrected chi connectivity index (χ4v) is 2.98. The number of H-pyrrole nitrogens is 1. The number of rotatable bonds is 5. The minimum absolute atomic E-state index is 0.291. The standard InChI is InChI=1S/C19H21FN6O/c1-12-10-18(26-25-12)22-17-11-16(21-15-6-8-27-9-7-15)23-19(24-17)13-2-4-14(20)5-3-13/h2-5,10-11,15H,6-9H2,1H3,(H3,21,22,23,24,25,26). The lowest BCUT2D eigenvalue weighted by atomic mass is 10.1. The van der Waals surface area contributed by atoms with Crippen LogP contribution in [0.5, 0.6) is 0 Å². The van der Waals surface area contributed by atoms with Gasteiger partial charge in [0.1, 0.15) is 17.5 Å². The van der Waals surface area contributed by atoms with Crippen LogP contribution >= 0.6 is 0 Å². The fourth-order valence-electron chi connectivity index (χ4n) is 2.98. The summed E-state index contributed by atoms with van der Waals surface area (Å²) in [5.74, 6) is 2.23. The molecule has 2 aromatic heterocycles. The summed E-state index contributed by atoms with van der Waals surface area (Å²) in [4.78, 5) is 9.19. The summed E-state index contributed by atoms with van der Waals surface area (Å²) < 4.78 is 18.7. The van der Waals surface area contributed by atoms with Gasteiger partial charge in [-0.2, -0.15) is 5.10 Å². The molecule has 0 saturated carbocycles. The first-order chi connectivity index (χ1) is 13.2. The Balaban J connectivity index is 1.65. The molecule has 3 heterocycles. The van der Waals surface area contributed by atoms with E-state index in [4.69, 9.17) is 4.74 Å². The van der Waals surface area contributed by atoms with E-state index in [0.717, 1.165) is 37.3 Å². The lowest BCUT2D eigenvalue weighted by molar-refractivity contribution is 0.0904. The van der Waals surface area contributed by atoms with Gasteiger partial charge in [-0.25, -0.2) is 14.4 Å². The molecule has 0 atom stereocenters. The maximum Gasteiger partial charge on any atom is 0.163 e. The lowest BCUT2D eigenvalue weighted by Crippen LogP contribution is -2.28. The van der Waals surface area contributed by atoms with Crippen molar-refractivity contribution in [3.63, 3.8) is 0 Å². The first-order valence-electron chi connectivity index (χ1n) is 8.94. The molecule has 27 heavy (non-hydrogen) atoms. The molecular formula is C19H21FN6O. The number of halogens is 1. The number of hydrogen-bond donors (Lipinski definition) is 3. The normalized spacial score (nSPS) is 14.9. The molecule has 1 saturated heterocycles. The van der Waals surface area contributed by atoms with E-state index >= 15 is 0 Å². The number of nitrogens with one attached hydrogen (secondary N) is 3. The van der Waals surface area contributed by atoms with Crippen molar-refractivity contribution < 1.29 is 9.13 Å². The molecule has 0 amide bonds. The Kier molecular flexibility index (Phi) is 4.97. The molecule has 0 aliphatic carbocycles. The maximum absolute atomic E-state index is 13.3. The van der Waals surface area contributed by atoms with Crippen molar-refractivity contribution in [1.29, 1.82) is 0 Å². The zero-order chi connectivity index (χ0) is 18.6. The van der Waals surface area contributed by atoms with E-state index in [1.807, 2.05) is 19.1 Å². The summed E-state index contributed by atoms with van der Waals surface area (Å²) in [6.45, 7) is 3.41. The summed E-state index contributed by atoms with van der Waals surface area (Å²) in [5, 5.41) is 13.7. The van der Waals surface area contributed by atoms with Crippen molar-refractivity contribution in [3.05, 3.63) is 47.9 Å². The highest BCUT2D eigenvalue weighted by Crippen LogP contribution is 2.24. The van der Waals surface area contributed by atoms with Gasteiger partial charge in [0, 0.05) is 42.6 Å². The van der Waals surface area contributed by atoms with Gasteiger partial charge in [-0.15, -0.1) is 0 Å². The Morgan fingerprint density at radius 2 is 1.78 bits per heavy atom. The van der Waals surface area contributed by atoms with Gasteiger partial charge < -0.3 is 15.4 Å². The topological polar surface area (TPSA) is 87.8 Å². The Hall–Kier alpha value is -3.00. The van der Waals surface area contributed by atoms with Crippen molar-refractivity contribution in [2.45, 2.75) is 25.8 Å². The van der Waals surface area contributed by atoms with Crippen LogP contribution < -0.4 is 10.6 Å². The third-order valence-corrected chi connectivity index (χ3v) is 4.36. The number of anilines is 3. The van der Waals surface area contributed by atoms with E-state index in [-0.39, 0.29) is 5.82 Å². The molecule has 3 N–H and O–H groups in total. The van der Waals surface area contributed by atoms with Crippen molar-refractivity contribution in [3.8, 4) is 11.4 Å². The SMILES string of the molecule is Cc1cc(Nc2cc(NC3CCOCC3)nc(-c3ccc(F)cc3)n2)n[nH]1. The number of aromatic nitrogens is 4. The molecule has 4 rings (SSSR count). The third kappa shape index (κ3) is 4.40. The van der Waals surface area contributed by atoms with Gasteiger partial charge in [-0.3, -0.25) is 5.10 Å². The monoisotopic (exact) mass is 368 g/mol. The minimum atomic E-state index is -0.291. The summed E-state index contributed by atoms with van der Waals surface area (Å²) >= 11 is 0. The predicted octanol–water partition coefficient (Wildman–Crippen LogP) is 3.65. The van der Waals surface area contributed by atoms with E-state index in [1.165, 1.54) is 12.1 Å². The number of nitrogens with zero attached hydrogens (tertiary/aromatic N) is 3. The quantitative estimate of drug-likeness (QED) is 0.637. The highest BCUT2D eigenvalue weighted by Gasteiger charge is 2.16. The van der Waals surface area contributed by atoms with Crippen molar-refractivity contribution in [2.24, 2.45) is 0 Å². The third-order valence-electron chi connectivity index (χ3n) is 4.36. The summed E-state index contributed by atoms with van der Waals surface area (Å²) in [6, 6.07) is 10.2. The molecular weight excluding hydrogens is 347 g/mol. The molecule has 0 unspecified atom stereocenters. The molecule has 1 fully saturated rings. The van der Waals surface area contributed by atoms with Gasteiger partial charge in [0.2, 0.25) is 0 Å². The number of hydrogen-bond acceptors (Lipinski definition) is 6. The van der Waals surface area contributed by atoms with E-state index in [9.17, 15) is 4.39 Å². The fraction of sp³-hybridized carbons (Fsp3) is 0.316. The second-order valence-electron chi connectivity index (χ2n) is 6.56. The molecule has 7 nitrogen and oxygen atoms in total. The van der Waals surface area contributed by atoms with Crippen LogP contribution in [0.15, 0.2) is 36.4 Å². The zero-order valence-electron chi connectivity index (χ0n) is 15.0. The Morgan fingerprint density at radius 3 is 2.48 bits per heavy atom. The van der Waals surface area contributed by atoms with Crippen molar-refractivity contribution >= 4 is 17.5 Å². The summed E-state index contributed by atoms with van der Waals surface area (Å²) in [7, 11) is 0. The van der Waals surface area contributed by atoms with Crippen LogP contribution in [0, 0.1) is 12.7 Å². The molecule has 140 valence electrons. The Morgan fingerprint density at radius 1 is 1.04 bits per heavy atom. The second kappa shape index (κ2) is 7.71. The molecule has 0 radical (unpaired) electrons. The van der Waals surface area contributed by atoms with Crippen LogP contribution in [0.1, 0.15) is 18.5 Å². The maximum atomic E-state index is 13.3. The Labute approximate surface area is 156 Å². The highest BCUT2D eigenvalue weighted by atomic mass is 19.1. The first kappa shape index (κ1) is 17.4. The summed E-state index contributed by atoms with van der Waals surface area (Å²) in [5.41, 5.74) is 1.69. The molecule has 1 aromatic carbocycles. The van der Waals surface area contributed by atoms with Crippen LogP contribution in [0.4, 0.5) is 21.8 Å². The van der Waals surface area contributed by atoms with Gasteiger partial charge in [-0.1, -0.05) is 0 Å². The zero-order valence-corrected chi connectivity index (χ0v) is 15.0. The second-order valence-corrected chi connectivity index (χ2v) is 6.56. The van der Waals surface area contributed by atoms with Crippen molar-refractivity contribution in [1.82, 2.24) is 20.2 Å². The van der Waals surface area contributed by atoms with Crippen LogP contribution in [0.25, 0.3) is 11.4 Å². The molecule has 0 spiro atoms. The highest BCUT2D eigenvalue weighted by molar-refractivity contribution is 5.64.